The minimum atomic E-state index is -3.70. The standard InChI is InChI=1S/C18H26N4O3S/c1-12(2)15(22-26(23,24)14-8-6-13(3)7-9-14)16-20-17(21-25-16)18(19)10-4-5-11-18/h6-9,12,15,22H,4-5,10-11,19H2,1-3H3. The number of nitrogens with one attached hydrogen (secondary N) is 1. The van der Waals surface area contributed by atoms with Crippen molar-refractivity contribution in [3.8, 4) is 0 Å². The van der Waals surface area contributed by atoms with E-state index in [4.69, 9.17) is 10.3 Å². The zero-order valence-electron chi connectivity index (χ0n) is 15.4. The molecule has 1 heterocycles. The van der Waals surface area contributed by atoms with Gasteiger partial charge in [0.05, 0.1) is 10.4 Å². The monoisotopic (exact) mass is 378 g/mol. The van der Waals surface area contributed by atoms with E-state index in [0.29, 0.717) is 5.82 Å². The fourth-order valence-electron chi connectivity index (χ4n) is 3.22. The van der Waals surface area contributed by atoms with Crippen LogP contribution < -0.4 is 10.5 Å². The minimum Gasteiger partial charge on any atom is -0.337 e. The average molecular weight is 378 g/mol. The first-order valence-corrected chi connectivity index (χ1v) is 10.4. The predicted molar refractivity (Wildman–Crippen MR) is 97.7 cm³/mol. The van der Waals surface area contributed by atoms with Crippen LogP contribution in [-0.4, -0.2) is 18.6 Å². The first-order valence-electron chi connectivity index (χ1n) is 8.93. The Morgan fingerprint density at radius 3 is 2.38 bits per heavy atom. The van der Waals surface area contributed by atoms with E-state index < -0.39 is 21.6 Å². The molecule has 142 valence electrons. The fourth-order valence-corrected chi connectivity index (χ4v) is 4.56. The quantitative estimate of drug-likeness (QED) is 0.799. The highest BCUT2D eigenvalue weighted by molar-refractivity contribution is 7.89. The van der Waals surface area contributed by atoms with Gasteiger partial charge in [0.2, 0.25) is 15.9 Å². The number of hydrogen-bond acceptors (Lipinski definition) is 6. The van der Waals surface area contributed by atoms with Crippen LogP contribution in [0.15, 0.2) is 33.7 Å². The summed E-state index contributed by atoms with van der Waals surface area (Å²) < 4.78 is 33.6. The summed E-state index contributed by atoms with van der Waals surface area (Å²) in [5, 5.41) is 4.04. The second-order valence-corrected chi connectivity index (χ2v) is 9.19. The average Bonchev–Trinajstić information content (AvgIpc) is 3.23. The predicted octanol–water partition coefficient (Wildman–Crippen LogP) is 2.78. The van der Waals surface area contributed by atoms with Crippen molar-refractivity contribution in [3.05, 3.63) is 41.5 Å². The van der Waals surface area contributed by atoms with Crippen molar-refractivity contribution >= 4 is 10.0 Å². The summed E-state index contributed by atoms with van der Waals surface area (Å²) in [5.41, 5.74) is 6.80. The third-order valence-electron chi connectivity index (χ3n) is 4.93. The highest BCUT2D eigenvalue weighted by atomic mass is 32.2. The summed E-state index contributed by atoms with van der Waals surface area (Å²) in [5.74, 6) is 0.647. The Hall–Kier alpha value is -1.77. The lowest BCUT2D eigenvalue weighted by Gasteiger charge is -2.20. The van der Waals surface area contributed by atoms with Gasteiger partial charge in [0.25, 0.3) is 0 Å². The van der Waals surface area contributed by atoms with Crippen molar-refractivity contribution in [2.45, 2.75) is 62.9 Å². The van der Waals surface area contributed by atoms with E-state index >= 15 is 0 Å². The number of hydrogen-bond donors (Lipinski definition) is 2. The molecule has 2 aromatic rings. The molecule has 7 nitrogen and oxygen atoms in total. The zero-order valence-corrected chi connectivity index (χ0v) is 16.2. The molecule has 8 heteroatoms. The molecule has 0 bridgehead atoms. The first kappa shape index (κ1) is 19.0. The molecule has 0 radical (unpaired) electrons. The number of benzene rings is 1. The van der Waals surface area contributed by atoms with Crippen molar-refractivity contribution in [2.24, 2.45) is 11.7 Å². The van der Waals surface area contributed by atoms with E-state index in [1.165, 1.54) is 0 Å². The summed E-state index contributed by atoms with van der Waals surface area (Å²) in [6, 6.07) is 6.08. The van der Waals surface area contributed by atoms with E-state index in [-0.39, 0.29) is 16.7 Å². The Morgan fingerprint density at radius 2 is 1.81 bits per heavy atom. The van der Waals surface area contributed by atoms with Gasteiger partial charge < -0.3 is 10.3 Å². The van der Waals surface area contributed by atoms with Gasteiger partial charge in [-0.05, 0) is 37.8 Å². The normalized spacial score (nSPS) is 18.3. The third kappa shape index (κ3) is 3.82. The van der Waals surface area contributed by atoms with Gasteiger partial charge in [-0.25, -0.2) is 8.42 Å². The third-order valence-corrected chi connectivity index (χ3v) is 6.39. The van der Waals surface area contributed by atoms with E-state index in [1.807, 2.05) is 20.8 Å². The fraction of sp³-hybridized carbons (Fsp3) is 0.556. The molecule has 0 saturated heterocycles. The highest BCUT2D eigenvalue weighted by Crippen LogP contribution is 2.35. The van der Waals surface area contributed by atoms with Gasteiger partial charge in [-0.2, -0.15) is 9.71 Å². The molecule has 26 heavy (non-hydrogen) atoms. The number of aryl methyl sites for hydroxylation is 1. The molecular weight excluding hydrogens is 352 g/mol. The molecule has 3 N–H and O–H groups in total. The summed E-state index contributed by atoms with van der Waals surface area (Å²) in [4.78, 5) is 4.66. The Bertz CT molecular complexity index is 853. The van der Waals surface area contributed by atoms with Crippen LogP contribution in [0, 0.1) is 12.8 Å². The van der Waals surface area contributed by atoms with E-state index in [0.717, 1.165) is 31.2 Å². The lowest BCUT2D eigenvalue weighted by Crippen LogP contribution is -2.35. The lowest BCUT2D eigenvalue weighted by molar-refractivity contribution is 0.303. The van der Waals surface area contributed by atoms with Gasteiger partial charge in [0, 0.05) is 0 Å². The van der Waals surface area contributed by atoms with Gasteiger partial charge in [-0.1, -0.05) is 49.5 Å². The lowest BCUT2D eigenvalue weighted by atomic mass is 9.98. The van der Waals surface area contributed by atoms with Crippen molar-refractivity contribution < 1.29 is 12.9 Å². The second kappa shape index (κ2) is 7.09. The number of nitrogens with two attached hydrogens (primary N) is 1. The van der Waals surface area contributed by atoms with Crippen LogP contribution in [-0.2, 0) is 15.6 Å². The minimum absolute atomic E-state index is 0.0687. The van der Waals surface area contributed by atoms with Crippen molar-refractivity contribution in [3.63, 3.8) is 0 Å². The molecule has 1 aromatic heterocycles. The Labute approximate surface area is 154 Å². The maximum absolute atomic E-state index is 12.7. The van der Waals surface area contributed by atoms with Crippen molar-refractivity contribution in [1.82, 2.24) is 14.9 Å². The number of aromatic nitrogens is 2. The van der Waals surface area contributed by atoms with Crippen molar-refractivity contribution in [1.29, 1.82) is 0 Å². The maximum Gasteiger partial charge on any atom is 0.245 e. The molecule has 1 aliphatic rings. The van der Waals surface area contributed by atoms with Gasteiger partial charge in [-0.3, -0.25) is 0 Å². The number of sulfonamides is 1. The van der Waals surface area contributed by atoms with Crippen LogP contribution in [0.25, 0.3) is 0 Å². The Balaban J connectivity index is 1.86. The molecule has 1 saturated carbocycles. The van der Waals surface area contributed by atoms with Gasteiger partial charge in [0.1, 0.15) is 6.04 Å². The molecule has 0 amide bonds. The van der Waals surface area contributed by atoms with E-state index in [2.05, 4.69) is 14.9 Å². The smallest absolute Gasteiger partial charge is 0.245 e. The molecule has 1 aliphatic carbocycles. The largest absolute Gasteiger partial charge is 0.337 e. The molecule has 1 unspecified atom stereocenters. The Morgan fingerprint density at radius 1 is 1.19 bits per heavy atom. The van der Waals surface area contributed by atoms with Crippen molar-refractivity contribution in [2.75, 3.05) is 0 Å². The number of nitrogens with zero attached hydrogens (tertiary/aromatic N) is 2. The molecule has 0 spiro atoms. The Kier molecular flexibility index (Phi) is 5.18. The van der Waals surface area contributed by atoms with Crippen LogP contribution in [0.2, 0.25) is 0 Å². The highest BCUT2D eigenvalue weighted by Gasteiger charge is 2.37. The molecule has 3 rings (SSSR count). The van der Waals surface area contributed by atoms with Gasteiger partial charge in [0.15, 0.2) is 5.82 Å². The first-order chi connectivity index (χ1) is 12.2. The molecular formula is C18H26N4O3S. The van der Waals surface area contributed by atoms with Crippen LogP contribution in [0.5, 0.6) is 0 Å². The van der Waals surface area contributed by atoms with Crippen LogP contribution in [0.1, 0.15) is 62.9 Å². The van der Waals surface area contributed by atoms with Crippen LogP contribution >= 0.6 is 0 Å². The zero-order chi connectivity index (χ0) is 18.9. The molecule has 1 fully saturated rings. The number of rotatable bonds is 6. The second-order valence-electron chi connectivity index (χ2n) is 7.48. The summed E-state index contributed by atoms with van der Waals surface area (Å²) in [6.07, 6.45) is 3.70. The topological polar surface area (TPSA) is 111 Å². The molecule has 0 aliphatic heterocycles. The molecule has 1 atom stereocenters. The maximum atomic E-state index is 12.7. The summed E-state index contributed by atoms with van der Waals surface area (Å²) in [6.45, 7) is 5.71. The summed E-state index contributed by atoms with van der Waals surface area (Å²) >= 11 is 0. The molecule has 1 aromatic carbocycles. The SMILES string of the molecule is Cc1ccc(S(=O)(=O)NC(c2nc(C3(N)CCCC3)no2)C(C)C)cc1. The van der Waals surface area contributed by atoms with E-state index in [1.54, 1.807) is 24.3 Å². The van der Waals surface area contributed by atoms with Crippen LogP contribution in [0.3, 0.4) is 0 Å². The van der Waals surface area contributed by atoms with E-state index in [9.17, 15) is 8.42 Å². The van der Waals surface area contributed by atoms with Crippen LogP contribution in [0.4, 0.5) is 0 Å². The summed E-state index contributed by atoms with van der Waals surface area (Å²) in [7, 11) is -3.70. The van der Waals surface area contributed by atoms with Gasteiger partial charge in [-0.15, -0.1) is 0 Å². The van der Waals surface area contributed by atoms with Gasteiger partial charge >= 0.3 is 0 Å².